The van der Waals surface area contributed by atoms with Crippen LogP contribution in [0, 0.1) is 5.82 Å². The van der Waals surface area contributed by atoms with Gasteiger partial charge < -0.3 is 5.32 Å². The van der Waals surface area contributed by atoms with Gasteiger partial charge in [-0.15, -0.1) is 6.58 Å². The van der Waals surface area contributed by atoms with E-state index in [-0.39, 0.29) is 17.1 Å². The van der Waals surface area contributed by atoms with Crippen molar-refractivity contribution in [2.75, 3.05) is 11.9 Å². The molecule has 1 aromatic carbocycles. The van der Waals surface area contributed by atoms with Crippen LogP contribution in [0.1, 0.15) is 6.92 Å². The van der Waals surface area contributed by atoms with Crippen LogP contribution in [0.4, 0.5) is 10.1 Å². The number of carbonyl (C=O) groups is 1. The number of rotatable bonds is 5. The summed E-state index contributed by atoms with van der Waals surface area (Å²) in [4.78, 5) is 10.7. The van der Waals surface area contributed by atoms with Crippen molar-refractivity contribution >= 4 is 21.6 Å². The molecule has 0 aromatic heterocycles. The molecule has 0 saturated heterocycles. The first-order chi connectivity index (χ1) is 8.36. The maximum absolute atomic E-state index is 13.3. The molecule has 0 aliphatic rings. The molecule has 0 heterocycles. The Morgan fingerprint density at radius 3 is 2.72 bits per heavy atom. The standard InChI is InChI=1S/C11H13FN2O3S/c1-3-6-13-18(16,17)9-4-5-10(12)11(7-9)14-8(2)15/h3-5,7,13H,1,6H2,2H3,(H,14,15). The van der Waals surface area contributed by atoms with Gasteiger partial charge in [0.2, 0.25) is 15.9 Å². The van der Waals surface area contributed by atoms with E-state index in [1.807, 2.05) is 0 Å². The van der Waals surface area contributed by atoms with E-state index in [2.05, 4.69) is 16.6 Å². The summed E-state index contributed by atoms with van der Waals surface area (Å²) in [5.74, 6) is -1.18. The molecule has 5 nitrogen and oxygen atoms in total. The van der Waals surface area contributed by atoms with Gasteiger partial charge in [0.05, 0.1) is 10.6 Å². The summed E-state index contributed by atoms with van der Waals surface area (Å²) in [6.45, 7) is 4.65. The molecule has 1 rings (SSSR count). The van der Waals surface area contributed by atoms with Crippen LogP contribution in [0.25, 0.3) is 0 Å². The first-order valence-electron chi connectivity index (χ1n) is 5.04. The minimum Gasteiger partial charge on any atom is -0.324 e. The number of anilines is 1. The van der Waals surface area contributed by atoms with E-state index in [9.17, 15) is 17.6 Å². The van der Waals surface area contributed by atoms with Crippen LogP contribution in [-0.4, -0.2) is 20.9 Å². The fraction of sp³-hybridized carbons (Fsp3) is 0.182. The first-order valence-corrected chi connectivity index (χ1v) is 6.53. The molecule has 0 atom stereocenters. The zero-order valence-corrected chi connectivity index (χ0v) is 10.6. The number of hydrogen-bond acceptors (Lipinski definition) is 3. The van der Waals surface area contributed by atoms with Crippen molar-refractivity contribution in [1.29, 1.82) is 0 Å². The monoisotopic (exact) mass is 272 g/mol. The molecule has 18 heavy (non-hydrogen) atoms. The van der Waals surface area contributed by atoms with Crippen LogP contribution in [0.3, 0.4) is 0 Å². The minimum absolute atomic E-state index is 0.0647. The van der Waals surface area contributed by atoms with Crippen molar-refractivity contribution in [3.05, 3.63) is 36.7 Å². The van der Waals surface area contributed by atoms with Gasteiger partial charge in [-0.25, -0.2) is 17.5 Å². The normalized spacial score (nSPS) is 11.0. The van der Waals surface area contributed by atoms with E-state index < -0.39 is 21.7 Å². The Kier molecular flexibility index (Phi) is 4.57. The number of sulfonamides is 1. The van der Waals surface area contributed by atoms with Crippen LogP contribution in [0.2, 0.25) is 0 Å². The van der Waals surface area contributed by atoms with Gasteiger partial charge in [-0.2, -0.15) is 0 Å². The summed E-state index contributed by atoms with van der Waals surface area (Å²) >= 11 is 0. The van der Waals surface area contributed by atoms with Crippen molar-refractivity contribution in [3.63, 3.8) is 0 Å². The molecule has 1 aromatic rings. The van der Waals surface area contributed by atoms with Gasteiger partial charge in [0.1, 0.15) is 5.82 Å². The molecule has 0 unspecified atom stereocenters. The van der Waals surface area contributed by atoms with Crippen molar-refractivity contribution in [1.82, 2.24) is 4.72 Å². The van der Waals surface area contributed by atoms with Crippen LogP contribution in [0.5, 0.6) is 0 Å². The number of nitrogens with one attached hydrogen (secondary N) is 2. The second-order valence-corrected chi connectivity index (χ2v) is 5.23. The van der Waals surface area contributed by atoms with Gasteiger partial charge in [-0.1, -0.05) is 6.08 Å². The molecule has 0 aliphatic heterocycles. The van der Waals surface area contributed by atoms with Crippen LogP contribution >= 0.6 is 0 Å². The molecule has 0 fully saturated rings. The van der Waals surface area contributed by atoms with Gasteiger partial charge in [-0.3, -0.25) is 4.79 Å². The van der Waals surface area contributed by atoms with Gasteiger partial charge >= 0.3 is 0 Å². The maximum atomic E-state index is 13.3. The minimum atomic E-state index is -3.74. The lowest BCUT2D eigenvalue weighted by Gasteiger charge is -2.08. The van der Waals surface area contributed by atoms with Gasteiger partial charge in [0.25, 0.3) is 0 Å². The second kappa shape index (κ2) is 5.74. The fourth-order valence-corrected chi connectivity index (χ4v) is 2.23. The molecule has 98 valence electrons. The average Bonchev–Trinajstić information content (AvgIpc) is 2.28. The molecular formula is C11H13FN2O3S. The van der Waals surface area contributed by atoms with E-state index in [1.165, 1.54) is 13.0 Å². The summed E-state index contributed by atoms with van der Waals surface area (Å²) < 4.78 is 39.1. The molecule has 2 N–H and O–H groups in total. The quantitative estimate of drug-likeness (QED) is 0.792. The molecule has 0 spiro atoms. The third kappa shape index (κ3) is 3.64. The molecule has 1 amide bonds. The summed E-state index contributed by atoms with van der Waals surface area (Å²) in [7, 11) is -3.74. The fourth-order valence-electron chi connectivity index (χ4n) is 1.21. The molecule has 0 aliphatic carbocycles. The second-order valence-electron chi connectivity index (χ2n) is 3.46. The van der Waals surface area contributed by atoms with E-state index >= 15 is 0 Å². The van der Waals surface area contributed by atoms with Crippen molar-refractivity contribution in [2.45, 2.75) is 11.8 Å². The summed E-state index contributed by atoms with van der Waals surface area (Å²) in [5, 5.41) is 2.22. The maximum Gasteiger partial charge on any atom is 0.240 e. The summed E-state index contributed by atoms with van der Waals surface area (Å²) in [6.07, 6.45) is 1.38. The lowest BCUT2D eigenvalue weighted by Crippen LogP contribution is -2.24. The number of carbonyl (C=O) groups excluding carboxylic acids is 1. The van der Waals surface area contributed by atoms with Gasteiger partial charge in [-0.05, 0) is 18.2 Å². The highest BCUT2D eigenvalue weighted by Crippen LogP contribution is 2.19. The summed E-state index contributed by atoms with van der Waals surface area (Å²) in [5.41, 5.74) is -0.177. The zero-order valence-electron chi connectivity index (χ0n) is 9.73. The molecule has 7 heteroatoms. The predicted molar refractivity (Wildman–Crippen MR) is 66.1 cm³/mol. The highest BCUT2D eigenvalue weighted by molar-refractivity contribution is 7.89. The van der Waals surface area contributed by atoms with Gasteiger partial charge in [0.15, 0.2) is 0 Å². The number of halogens is 1. The molecule has 0 saturated carbocycles. The first kappa shape index (κ1) is 14.3. The Bertz CT molecular complexity index is 570. The average molecular weight is 272 g/mol. The Morgan fingerprint density at radius 1 is 1.50 bits per heavy atom. The van der Waals surface area contributed by atoms with Crippen molar-refractivity contribution in [2.24, 2.45) is 0 Å². The van der Waals surface area contributed by atoms with Crippen LogP contribution < -0.4 is 10.0 Å². The van der Waals surface area contributed by atoms with Gasteiger partial charge in [0, 0.05) is 13.5 Å². The SMILES string of the molecule is C=CCNS(=O)(=O)c1ccc(F)c(NC(C)=O)c1. The predicted octanol–water partition coefficient (Wildman–Crippen LogP) is 1.25. The highest BCUT2D eigenvalue weighted by Gasteiger charge is 2.15. The Balaban J connectivity index is 3.11. The lowest BCUT2D eigenvalue weighted by molar-refractivity contribution is -0.114. The van der Waals surface area contributed by atoms with Crippen molar-refractivity contribution < 1.29 is 17.6 Å². The summed E-state index contributed by atoms with van der Waals surface area (Å²) in [6, 6.07) is 3.15. The number of hydrogen-bond donors (Lipinski definition) is 2. The smallest absolute Gasteiger partial charge is 0.240 e. The largest absolute Gasteiger partial charge is 0.324 e. The van der Waals surface area contributed by atoms with E-state index in [4.69, 9.17) is 0 Å². The Hall–Kier alpha value is -1.73. The van der Waals surface area contributed by atoms with E-state index in [0.29, 0.717) is 0 Å². The number of amides is 1. The molecule has 0 bridgehead atoms. The van der Waals surface area contributed by atoms with E-state index in [0.717, 1.165) is 18.2 Å². The number of benzene rings is 1. The Labute approximate surface area is 105 Å². The van der Waals surface area contributed by atoms with E-state index in [1.54, 1.807) is 0 Å². The third-order valence-electron chi connectivity index (χ3n) is 1.98. The highest BCUT2D eigenvalue weighted by atomic mass is 32.2. The zero-order chi connectivity index (χ0) is 13.8. The molecule has 0 radical (unpaired) electrons. The van der Waals surface area contributed by atoms with Crippen molar-refractivity contribution in [3.8, 4) is 0 Å². The van der Waals surface area contributed by atoms with Crippen LogP contribution in [-0.2, 0) is 14.8 Å². The third-order valence-corrected chi connectivity index (χ3v) is 3.40. The lowest BCUT2D eigenvalue weighted by atomic mass is 10.3. The van der Waals surface area contributed by atoms with Crippen LogP contribution in [0.15, 0.2) is 35.7 Å². The molecular weight excluding hydrogens is 259 g/mol. The topological polar surface area (TPSA) is 75.3 Å². The Morgan fingerprint density at radius 2 is 2.17 bits per heavy atom.